The minimum atomic E-state index is 0.187. The molecule has 1 aliphatic heterocycles. The second-order valence-corrected chi connectivity index (χ2v) is 13.0. The van der Waals surface area contributed by atoms with Gasteiger partial charge in [0.1, 0.15) is 41.5 Å². The highest BCUT2D eigenvalue weighted by Gasteiger charge is 2.23. The summed E-state index contributed by atoms with van der Waals surface area (Å²) >= 11 is 0. The van der Waals surface area contributed by atoms with Crippen LogP contribution in [-0.4, -0.2) is 45.7 Å². The molecule has 0 aromatic heterocycles. The zero-order valence-corrected chi connectivity index (χ0v) is 30.4. The molecule has 1 aliphatic rings. The number of benzene rings is 5. The number of hydrogen-bond acceptors (Lipinski definition) is 6. The summed E-state index contributed by atoms with van der Waals surface area (Å²) in [5.74, 6) is 4.43. The molecule has 6 heteroatoms. The van der Waals surface area contributed by atoms with Gasteiger partial charge in [0.25, 0.3) is 0 Å². The third kappa shape index (κ3) is 11.0. The largest absolute Gasteiger partial charge is 0.494 e. The minimum Gasteiger partial charge on any atom is -0.494 e. The maximum atomic E-state index is 6.22. The van der Waals surface area contributed by atoms with Crippen LogP contribution in [0.3, 0.4) is 0 Å². The molecular formula is C45H50O6. The van der Waals surface area contributed by atoms with E-state index in [4.69, 9.17) is 28.4 Å². The Kier molecular flexibility index (Phi) is 12.5. The Labute approximate surface area is 303 Å². The number of epoxide rings is 1. The molecule has 1 saturated heterocycles. The van der Waals surface area contributed by atoms with Crippen molar-refractivity contribution in [2.45, 2.75) is 59.5 Å². The summed E-state index contributed by atoms with van der Waals surface area (Å²) in [6.07, 6.45) is 3.27. The van der Waals surface area contributed by atoms with Crippen LogP contribution in [0.15, 0.2) is 103 Å². The summed E-state index contributed by atoms with van der Waals surface area (Å²) in [5.41, 5.74) is 9.58. The van der Waals surface area contributed by atoms with Gasteiger partial charge in [-0.05, 0) is 159 Å². The summed E-state index contributed by atoms with van der Waals surface area (Å²) in [5, 5.41) is 0. The van der Waals surface area contributed by atoms with Gasteiger partial charge in [-0.1, -0.05) is 42.5 Å². The molecule has 0 radical (unpaired) electrons. The van der Waals surface area contributed by atoms with E-state index >= 15 is 0 Å². The maximum absolute atomic E-state index is 6.22. The third-order valence-electron chi connectivity index (χ3n) is 8.59. The Morgan fingerprint density at radius 3 is 1.08 bits per heavy atom. The normalized spacial score (nSPS) is 13.5. The van der Waals surface area contributed by atoms with E-state index in [0.717, 1.165) is 61.0 Å². The van der Waals surface area contributed by atoms with Crippen molar-refractivity contribution in [3.05, 3.63) is 148 Å². The van der Waals surface area contributed by atoms with E-state index in [1.165, 1.54) is 44.5 Å². The second kappa shape index (κ2) is 17.8. The van der Waals surface area contributed by atoms with Crippen molar-refractivity contribution in [2.75, 3.05) is 39.6 Å². The molecule has 0 bridgehead atoms. The number of ether oxygens (including phenoxy) is 6. The van der Waals surface area contributed by atoms with Gasteiger partial charge in [0.05, 0.1) is 33.0 Å². The Balaban J connectivity index is 1.26. The van der Waals surface area contributed by atoms with Crippen molar-refractivity contribution in [1.82, 2.24) is 0 Å². The lowest BCUT2D eigenvalue weighted by Crippen LogP contribution is -2.05. The summed E-state index contributed by atoms with van der Waals surface area (Å²) in [7, 11) is 0. The Morgan fingerprint density at radius 2 is 0.725 bits per heavy atom. The molecule has 1 atom stereocenters. The predicted octanol–water partition coefficient (Wildman–Crippen LogP) is 9.42. The lowest BCUT2D eigenvalue weighted by atomic mass is 9.95. The third-order valence-corrected chi connectivity index (χ3v) is 8.59. The second-order valence-electron chi connectivity index (χ2n) is 13.0. The van der Waals surface area contributed by atoms with Crippen LogP contribution < -0.4 is 23.7 Å². The standard InChI is InChI=1S/C45H50O6/c1-5-46-40-13-9-11-32(22-40)15-34-17-36(25-42(24-34)48-7-3)19-37-20-38(27-43(26-37)49-8-4)21-39-18-35(28-44(29-39)50-30-45-31-51-45)16-33-12-10-14-41(23-33)47-6-2/h9-14,17-18,20,22-29,45H,5-8,15-16,19,21,30-31H2,1-4H3. The maximum Gasteiger partial charge on any atom is 0.120 e. The minimum absolute atomic E-state index is 0.187. The van der Waals surface area contributed by atoms with Crippen molar-refractivity contribution in [2.24, 2.45) is 0 Å². The summed E-state index contributed by atoms with van der Waals surface area (Å²) in [4.78, 5) is 0. The lowest BCUT2D eigenvalue weighted by Gasteiger charge is -2.15. The SMILES string of the molecule is CCOc1cccc(Cc2cc(Cc3cc(Cc4cc(Cc5cccc(OCC)c5)cc(OCC5CO5)c4)cc(OCC)c3)cc(OCC)c2)c1. The molecule has 6 nitrogen and oxygen atoms in total. The van der Waals surface area contributed by atoms with Gasteiger partial charge < -0.3 is 28.4 Å². The van der Waals surface area contributed by atoms with Gasteiger partial charge in [0.15, 0.2) is 0 Å². The molecule has 5 aromatic carbocycles. The summed E-state index contributed by atoms with van der Waals surface area (Å²) in [6, 6.07) is 36.5. The molecule has 0 amide bonds. The average Bonchev–Trinajstić information content (AvgIpc) is 3.93. The lowest BCUT2D eigenvalue weighted by molar-refractivity contribution is 0.262. The first-order chi connectivity index (χ1) is 25.0. The van der Waals surface area contributed by atoms with Crippen LogP contribution in [0.1, 0.15) is 72.2 Å². The van der Waals surface area contributed by atoms with E-state index in [2.05, 4.69) is 91.0 Å². The Morgan fingerprint density at radius 1 is 0.412 bits per heavy atom. The molecule has 6 rings (SSSR count). The number of hydrogen-bond donors (Lipinski definition) is 0. The van der Waals surface area contributed by atoms with Crippen molar-refractivity contribution in [1.29, 1.82) is 0 Å². The Bertz CT molecular complexity index is 1880. The fourth-order valence-corrected chi connectivity index (χ4v) is 6.50. The highest BCUT2D eigenvalue weighted by Crippen LogP contribution is 2.29. The van der Waals surface area contributed by atoms with Crippen LogP contribution in [-0.2, 0) is 30.4 Å². The van der Waals surface area contributed by atoms with Gasteiger partial charge in [0, 0.05) is 0 Å². The summed E-state index contributed by atoms with van der Waals surface area (Å²) < 4.78 is 35.3. The molecule has 1 heterocycles. The van der Waals surface area contributed by atoms with E-state index in [-0.39, 0.29) is 6.10 Å². The van der Waals surface area contributed by atoms with Crippen LogP contribution >= 0.6 is 0 Å². The van der Waals surface area contributed by atoms with Crippen molar-refractivity contribution in [3.8, 4) is 28.7 Å². The molecule has 0 saturated carbocycles. The fraction of sp³-hybridized carbons (Fsp3) is 0.333. The van der Waals surface area contributed by atoms with E-state index in [1.807, 2.05) is 39.8 Å². The fourth-order valence-electron chi connectivity index (χ4n) is 6.50. The van der Waals surface area contributed by atoms with Crippen LogP contribution in [0.4, 0.5) is 0 Å². The van der Waals surface area contributed by atoms with E-state index < -0.39 is 0 Å². The first kappa shape index (κ1) is 35.9. The smallest absolute Gasteiger partial charge is 0.120 e. The predicted molar refractivity (Wildman–Crippen MR) is 203 cm³/mol. The quantitative estimate of drug-likeness (QED) is 0.0807. The highest BCUT2D eigenvalue weighted by molar-refractivity contribution is 5.45. The molecule has 1 fully saturated rings. The first-order valence-corrected chi connectivity index (χ1v) is 18.3. The van der Waals surface area contributed by atoms with E-state index in [1.54, 1.807) is 0 Å². The van der Waals surface area contributed by atoms with Gasteiger partial charge in [-0.2, -0.15) is 0 Å². The molecule has 1 unspecified atom stereocenters. The highest BCUT2D eigenvalue weighted by atomic mass is 16.6. The van der Waals surface area contributed by atoms with Gasteiger partial charge in [-0.25, -0.2) is 0 Å². The molecule has 0 spiro atoms. The summed E-state index contributed by atoms with van der Waals surface area (Å²) in [6.45, 7) is 11.9. The van der Waals surface area contributed by atoms with Gasteiger partial charge in [-0.3, -0.25) is 0 Å². The molecule has 0 aliphatic carbocycles. The van der Waals surface area contributed by atoms with Gasteiger partial charge in [-0.15, -0.1) is 0 Å². The molecule has 0 N–H and O–H groups in total. The van der Waals surface area contributed by atoms with E-state index in [0.29, 0.717) is 33.0 Å². The van der Waals surface area contributed by atoms with Crippen LogP contribution in [0.2, 0.25) is 0 Å². The first-order valence-electron chi connectivity index (χ1n) is 18.3. The number of rotatable bonds is 19. The Hall–Kier alpha value is -4.94. The van der Waals surface area contributed by atoms with Crippen LogP contribution in [0, 0.1) is 0 Å². The molecular weight excluding hydrogens is 636 g/mol. The average molecular weight is 687 g/mol. The van der Waals surface area contributed by atoms with Gasteiger partial charge in [0.2, 0.25) is 0 Å². The zero-order chi connectivity index (χ0) is 35.4. The topological polar surface area (TPSA) is 58.7 Å². The van der Waals surface area contributed by atoms with Gasteiger partial charge >= 0.3 is 0 Å². The van der Waals surface area contributed by atoms with Crippen molar-refractivity contribution in [3.63, 3.8) is 0 Å². The molecule has 266 valence electrons. The zero-order valence-electron chi connectivity index (χ0n) is 30.4. The van der Waals surface area contributed by atoms with Crippen LogP contribution in [0.25, 0.3) is 0 Å². The monoisotopic (exact) mass is 686 g/mol. The van der Waals surface area contributed by atoms with Crippen molar-refractivity contribution >= 4 is 0 Å². The molecule has 5 aromatic rings. The van der Waals surface area contributed by atoms with Crippen molar-refractivity contribution < 1.29 is 28.4 Å². The van der Waals surface area contributed by atoms with Crippen LogP contribution in [0.5, 0.6) is 28.7 Å². The molecule has 51 heavy (non-hydrogen) atoms. The van der Waals surface area contributed by atoms with E-state index in [9.17, 15) is 0 Å².